The molecule has 0 saturated carbocycles. The highest BCUT2D eigenvalue weighted by Crippen LogP contribution is 2.16. The molecule has 1 aromatic heterocycles. The minimum absolute atomic E-state index is 0.102. The molecule has 0 amide bonds. The lowest BCUT2D eigenvalue weighted by atomic mass is 10.3. The Labute approximate surface area is 107 Å². The van der Waals surface area contributed by atoms with Gasteiger partial charge in [0.25, 0.3) is 0 Å². The van der Waals surface area contributed by atoms with Crippen molar-refractivity contribution in [2.45, 2.75) is 27.2 Å². The Morgan fingerprint density at radius 2 is 2.00 bits per heavy atom. The Bertz CT molecular complexity index is 566. The lowest BCUT2D eigenvalue weighted by Crippen LogP contribution is -2.30. The van der Waals surface area contributed by atoms with E-state index in [-0.39, 0.29) is 5.69 Å². The van der Waals surface area contributed by atoms with Crippen LogP contribution in [0.15, 0.2) is 16.6 Å². The summed E-state index contributed by atoms with van der Waals surface area (Å²) in [5.41, 5.74) is 2.62. The molecule has 0 unspecified atom stereocenters. The first kappa shape index (κ1) is 13.7. The Hall–Kier alpha value is -1.36. The number of rotatable bonds is 3. The van der Waals surface area contributed by atoms with Crippen molar-refractivity contribution in [2.24, 2.45) is 14.1 Å². The van der Waals surface area contributed by atoms with Crippen LogP contribution < -0.4 is 11.0 Å². The van der Waals surface area contributed by atoms with Gasteiger partial charge >= 0.3 is 5.69 Å². The summed E-state index contributed by atoms with van der Waals surface area (Å²) in [7, 11) is 3.44. The molecule has 1 heterocycles. The molecule has 1 aromatic rings. The molecule has 1 rings (SSSR count). The van der Waals surface area contributed by atoms with Crippen molar-refractivity contribution in [3.05, 3.63) is 32.6 Å². The van der Waals surface area contributed by atoms with Crippen LogP contribution in [-0.4, -0.2) is 9.13 Å². The monoisotopic (exact) mass is 253 g/mol. The molecule has 0 aliphatic heterocycles. The van der Waals surface area contributed by atoms with Gasteiger partial charge in [0, 0.05) is 25.5 Å². The van der Waals surface area contributed by atoms with Crippen LogP contribution in [-0.2, 0) is 14.1 Å². The molecule has 1 N–H and O–H groups in total. The minimum atomic E-state index is -0.102. The van der Waals surface area contributed by atoms with Gasteiger partial charge in [-0.05, 0) is 20.3 Å². The van der Waals surface area contributed by atoms with E-state index in [0.717, 1.165) is 23.5 Å². The Morgan fingerprint density at radius 3 is 2.53 bits per heavy atom. The second-order valence-corrected chi connectivity index (χ2v) is 4.47. The fourth-order valence-corrected chi connectivity index (χ4v) is 1.92. The maximum atomic E-state index is 11.8. The summed E-state index contributed by atoms with van der Waals surface area (Å²) >= 11 is 5.29. The van der Waals surface area contributed by atoms with Gasteiger partial charge in [-0.2, -0.15) is 0 Å². The summed E-state index contributed by atoms with van der Waals surface area (Å²) in [6, 6.07) is 0. The molecule has 0 bridgehead atoms. The zero-order chi connectivity index (χ0) is 13.2. The number of aromatic nitrogens is 2. The fourth-order valence-electron chi connectivity index (χ4n) is 1.64. The molecule has 0 saturated heterocycles. The molecule has 0 radical (unpaired) electrons. The maximum Gasteiger partial charge on any atom is 0.328 e. The molecular formula is C12H19N3OS. The molecule has 0 aliphatic rings. The molecule has 17 heavy (non-hydrogen) atoms. The molecular weight excluding hydrogens is 234 g/mol. The number of nitrogens with one attached hydrogen (secondary N) is 1. The van der Waals surface area contributed by atoms with Gasteiger partial charge in [-0.1, -0.05) is 25.2 Å². The van der Waals surface area contributed by atoms with E-state index < -0.39 is 0 Å². The van der Waals surface area contributed by atoms with E-state index in [1.54, 1.807) is 18.7 Å². The fraction of sp³-hybridized carbons (Fsp3) is 0.500. The zero-order valence-corrected chi connectivity index (χ0v) is 11.8. The topological polar surface area (TPSA) is 39.0 Å². The minimum Gasteiger partial charge on any atom is -0.356 e. The van der Waals surface area contributed by atoms with E-state index in [9.17, 15) is 4.79 Å². The summed E-state index contributed by atoms with van der Waals surface area (Å²) in [5, 5.41) is 3.26. The van der Waals surface area contributed by atoms with Crippen LogP contribution in [0.3, 0.4) is 0 Å². The number of anilines is 1. The van der Waals surface area contributed by atoms with Crippen LogP contribution in [0.1, 0.15) is 26.0 Å². The first-order valence-corrected chi connectivity index (χ1v) is 6.01. The predicted octanol–water partition coefficient (Wildman–Crippen LogP) is 2.49. The average molecular weight is 253 g/mol. The van der Waals surface area contributed by atoms with Crippen molar-refractivity contribution < 1.29 is 0 Å². The Morgan fingerprint density at radius 1 is 1.41 bits per heavy atom. The standard InChI is InChI=1S/C12H19N3OS/c1-6-7-8(2)13-10-9(3)14(4)12(16)15(5)11(10)17/h7,13H,6H2,1-5H3/b8-7+. The second kappa shape index (κ2) is 5.31. The molecule has 0 fully saturated rings. The first-order valence-electron chi connectivity index (χ1n) is 5.60. The van der Waals surface area contributed by atoms with Gasteiger partial charge in [0.2, 0.25) is 0 Å². The Kier molecular flexibility index (Phi) is 4.28. The summed E-state index contributed by atoms with van der Waals surface area (Å²) in [5.74, 6) is 0. The predicted molar refractivity (Wildman–Crippen MR) is 73.9 cm³/mol. The molecule has 0 aromatic carbocycles. The van der Waals surface area contributed by atoms with Crippen molar-refractivity contribution in [1.29, 1.82) is 0 Å². The van der Waals surface area contributed by atoms with Crippen molar-refractivity contribution in [1.82, 2.24) is 9.13 Å². The van der Waals surface area contributed by atoms with E-state index >= 15 is 0 Å². The van der Waals surface area contributed by atoms with Crippen LogP contribution >= 0.6 is 12.2 Å². The summed E-state index contributed by atoms with van der Waals surface area (Å²) in [6.45, 7) is 5.95. The van der Waals surface area contributed by atoms with Crippen molar-refractivity contribution >= 4 is 17.9 Å². The van der Waals surface area contributed by atoms with Crippen LogP contribution in [0.5, 0.6) is 0 Å². The van der Waals surface area contributed by atoms with Crippen molar-refractivity contribution in [3.63, 3.8) is 0 Å². The lowest BCUT2D eigenvalue weighted by molar-refractivity contribution is 0.682. The van der Waals surface area contributed by atoms with Crippen LogP contribution in [0.4, 0.5) is 5.69 Å². The first-order chi connectivity index (χ1) is 7.90. The molecule has 0 aliphatic carbocycles. The van der Waals surface area contributed by atoms with Gasteiger partial charge in [0.1, 0.15) is 4.64 Å². The van der Waals surface area contributed by atoms with E-state index in [2.05, 4.69) is 18.3 Å². The maximum absolute atomic E-state index is 11.8. The molecule has 5 heteroatoms. The van der Waals surface area contributed by atoms with Crippen molar-refractivity contribution in [2.75, 3.05) is 5.32 Å². The lowest BCUT2D eigenvalue weighted by Gasteiger charge is -2.15. The normalized spacial score (nSPS) is 11.7. The molecule has 94 valence electrons. The van der Waals surface area contributed by atoms with Gasteiger partial charge in [0.15, 0.2) is 0 Å². The van der Waals surface area contributed by atoms with Gasteiger partial charge in [0.05, 0.1) is 5.69 Å². The third-order valence-corrected chi connectivity index (χ3v) is 3.27. The SMILES string of the molecule is CC/C=C(\C)Nc1c(C)n(C)c(=O)n(C)c1=S. The summed E-state index contributed by atoms with van der Waals surface area (Å²) in [6.07, 6.45) is 3.04. The van der Waals surface area contributed by atoms with Crippen LogP contribution in [0, 0.1) is 11.6 Å². The number of hydrogen-bond donors (Lipinski definition) is 1. The van der Waals surface area contributed by atoms with E-state index in [1.165, 1.54) is 4.57 Å². The summed E-state index contributed by atoms with van der Waals surface area (Å²) < 4.78 is 3.61. The molecule has 0 atom stereocenters. The number of hydrogen-bond acceptors (Lipinski definition) is 3. The van der Waals surface area contributed by atoms with Gasteiger partial charge in [-0.15, -0.1) is 0 Å². The van der Waals surface area contributed by atoms with E-state index in [4.69, 9.17) is 12.2 Å². The average Bonchev–Trinajstić information content (AvgIpc) is 2.30. The van der Waals surface area contributed by atoms with Gasteiger partial charge in [-0.25, -0.2) is 4.79 Å². The number of allylic oxidation sites excluding steroid dienone is 2. The highest BCUT2D eigenvalue weighted by atomic mass is 32.1. The smallest absolute Gasteiger partial charge is 0.328 e. The number of nitrogens with zero attached hydrogens (tertiary/aromatic N) is 2. The largest absolute Gasteiger partial charge is 0.356 e. The second-order valence-electron chi connectivity index (χ2n) is 4.09. The van der Waals surface area contributed by atoms with Crippen molar-refractivity contribution in [3.8, 4) is 0 Å². The highest BCUT2D eigenvalue weighted by molar-refractivity contribution is 7.71. The zero-order valence-electron chi connectivity index (χ0n) is 11.0. The quantitative estimate of drug-likeness (QED) is 0.841. The van der Waals surface area contributed by atoms with Gasteiger partial charge < -0.3 is 5.32 Å². The molecule has 4 nitrogen and oxygen atoms in total. The highest BCUT2D eigenvalue weighted by Gasteiger charge is 2.09. The van der Waals surface area contributed by atoms with E-state index in [0.29, 0.717) is 4.64 Å². The van der Waals surface area contributed by atoms with E-state index in [1.807, 2.05) is 13.8 Å². The summed E-state index contributed by atoms with van der Waals surface area (Å²) in [4.78, 5) is 11.8. The Balaban J connectivity index is 3.41. The molecule has 0 spiro atoms. The van der Waals surface area contributed by atoms with Crippen LogP contribution in [0.25, 0.3) is 0 Å². The van der Waals surface area contributed by atoms with Crippen LogP contribution in [0.2, 0.25) is 0 Å². The third-order valence-electron chi connectivity index (χ3n) is 2.79. The van der Waals surface area contributed by atoms with Gasteiger partial charge in [-0.3, -0.25) is 9.13 Å². The third kappa shape index (κ3) is 2.66.